The van der Waals surface area contributed by atoms with E-state index < -0.39 is 0 Å². The van der Waals surface area contributed by atoms with Gasteiger partial charge in [-0.05, 0) is 25.7 Å². The molecule has 2 fully saturated rings. The molecule has 5 heteroatoms. The lowest BCUT2D eigenvalue weighted by Gasteiger charge is -2.23. The van der Waals surface area contributed by atoms with Gasteiger partial charge in [0.1, 0.15) is 5.15 Å². The van der Waals surface area contributed by atoms with Gasteiger partial charge in [0.25, 0.3) is 5.56 Å². The van der Waals surface area contributed by atoms with E-state index >= 15 is 0 Å². The summed E-state index contributed by atoms with van der Waals surface area (Å²) in [6.45, 7) is 0.588. The fourth-order valence-corrected chi connectivity index (χ4v) is 3.31. The van der Waals surface area contributed by atoms with Crippen molar-refractivity contribution in [3.8, 4) is 0 Å². The number of hydrogen-bond donors (Lipinski definition) is 0. The maximum absolute atomic E-state index is 11.7. The zero-order valence-corrected chi connectivity index (χ0v) is 11.0. The van der Waals surface area contributed by atoms with Crippen LogP contribution in [-0.4, -0.2) is 21.3 Å². The molecule has 2 aliphatic rings. The molecule has 0 radical (unpaired) electrons. The zero-order valence-electron chi connectivity index (χ0n) is 10.3. The molecular formula is C13H17ClN2O2. The standard InChI is InChI=1S/C13H17ClN2O2/c14-11-7-12(17)16(9-15-11)8-10-3-6-13(18-10)4-1-2-5-13/h7,9-10H,1-6,8H2. The topological polar surface area (TPSA) is 44.1 Å². The third kappa shape index (κ3) is 2.31. The van der Waals surface area contributed by atoms with Gasteiger partial charge in [-0.25, -0.2) is 4.98 Å². The highest BCUT2D eigenvalue weighted by atomic mass is 35.5. The molecule has 1 atom stereocenters. The van der Waals surface area contributed by atoms with Crippen LogP contribution in [0.15, 0.2) is 17.2 Å². The summed E-state index contributed by atoms with van der Waals surface area (Å²) in [4.78, 5) is 15.7. The minimum atomic E-state index is -0.106. The summed E-state index contributed by atoms with van der Waals surface area (Å²) in [6, 6.07) is 1.35. The summed E-state index contributed by atoms with van der Waals surface area (Å²) >= 11 is 5.68. The molecule has 18 heavy (non-hydrogen) atoms. The highest BCUT2D eigenvalue weighted by Gasteiger charge is 2.42. The molecular weight excluding hydrogens is 252 g/mol. The summed E-state index contributed by atoms with van der Waals surface area (Å²) < 4.78 is 7.77. The van der Waals surface area contributed by atoms with Gasteiger partial charge in [-0.1, -0.05) is 24.4 Å². The summed E-state index contributed by atoms with van der Waals surface area (Å²) in [7, 11) is 0. The Morgan fingerprint density at radius 1 is 1.44 bits per heavy atom. The van der Waals surface area contributed by atoms with Crippen LogP contribution in [0.4, 0.5) is 0 Å². The second kappa shape index (κ2) is 4.67. The Morgan fingerprint density at radius 3 is 2.94 bits per heavy atom. The van der Waals surface area contributed by atoms with Crippen molar-refractivity contribution in [2.24, 2.45) is 0 Å². The SMILES string of the molecule is O=c1cc(Cl)ncn1CC1CCC2(CCCC2)O1. The van der Waals surface area contributed by atoms with Crippen LogP contribution in [0.2, 0.25) is 5.15 Å². The Hall–Kier alpha value is -0.870. The normalized spacial score (nSPS) is 25.9. The van der Waals surface area contributed by atoms with Gasteiger partial charge in [0.05, 0.1) is 24.6 Å². The molecule has 1 aromatic rings. The van der Waals surface area contributed by atoms with Crippen LogP contribution >= 0.6 is 11.6 Å². The third-order valence-corrected chi connectivity index (χ3v) is 4.31. The summed E-state index contributed by atoms with van der Waals surface area (Å²) in [5, 5.41) is 0.246. The van der Waals surface area contributed by atoms with Crippen molar-refractivity contribution in [3.05, 3.63) is 27.9 Å². The molecule has 1 unspecified atom stereocenters. The number of aromatic nitrogens is 2. The third-order valence-electron chi connectivity index (χ3n) is 4.10. The molecule has 98 valence electrons. The lowest BCUT2D eigenvalue weighted by Crippen LogP contribution is -2.30. The first kappa shape index (κ1) is 12.2. The molecule has 1 aliphatic carbocycles. The Morgan fingerprint density at radius 2 is 2.22 bits per heavy atom. The molecule has 4 nitrogen and oxygen atoms in total. The van der Waals surface area contributed by atoms with Crippen molar-refractivity contribution < 1.29 is 4.74 Å². The second-order valence-corrected chi connectivity index (χ2v) is 5.76. The van der Waals surface area contributed by atoms with Crippen LogP contribution in [0.5, 0.6) is 0 Å². The van der Waals surface area contributed by atoms with E-state index in [1.807, 2.05) is 0 Å². The smallest absolute Gasteiger partial charge is 0.254 e. The summed E-state index contributed by atoms with van der Waals surface area (Å²) in [6.07, 6.45) is 8.72. The van der Waals surface area contributed by atoms with Crippen molar-refractivity contribution in [3.63, 3.8) is 0 Å². The molecule has 0 N–H and O–H groups in total. The van der Waals surface area contributed by atoms with Gasteiger partial charge in [-0.3, -0.25) is 9.36 Å². The quantitative estimate of drug-likeness (QED) is 0.774. The lowest BCUT2D eigenvalue weighted by molar-refractivity contribution is -0.0422. The van der Waals surface area contributed by atoms with E-state index in [1.165, 1.54) is 38.1 Å². The van der Waals surface area contributed by atoms with E-state index in [0.29, 0.717) is 6.54 Å². The van der Waals surface area contributed by atoms with Gasteiger partial charge in [0, 0.05) is 6.07 Å². The highest BCUT2D eigenvalue weighted by molar-refractivity contribution is 6.29. The van der Waals surface area contributed by atoms with Crippen molar-refractivity contribution >= 4 is 11.6 Å². The Bertz CT molecular complexity index is 494. The van der Waals surface area contributed by atoms with E-state index in [4.69, 9.17) is 16.3 Å². The zero-order chi connectivity index (χ0) is 12.6. The number of hydrogen-bond acceptors (Lipinski definition) is 3. The largest absolute Gasteiger partial charge is 0.370 e. The van der Waals surface area contributed by atoms with Crippen LogP contribution in [-0.2, 0) is 11.3 Å². The Labute approximate surface area is 111 Å². The maximum atomic E-state index is 11.7. The predicted octanol–water partition coefficient (Wildman–Crippen LogP) is 2.39. The van der Waals surface area contributed by atoms with Gasteiger partial charge in [-0.2, -0.15) is 0 Å². The fraction of sp³-hybridized carbons (Fsp3) is 0.692. The second-order valence-electron chi connectivity index (χ2n) is 5.37. The molecule has 0 aromatic carbocycles. The van der Waals surface area contributed by atoms with E-state index in [-0.39, 0.29) is 22.4 Å². The Kier molecular flexibility index (Phi) is 3.16. The molecule has 0 amide bonds. The minimum absolute atomic E-state index is 0.106. The maximum Gasteiger partial charge on any atom is 0.254 e. The van der Waals surface area contributed by atoms with E-state index in [2.05, 4.69) is 4.98 Å². The van der Waals surface area contributed by atoms with Crippen molar-refractivity contribution in [2.45, 2.75) is 56.8 Å². The lowest BCUT2D eigenvalue weighted by atomic mass is 9.98. The van der Waals surface area contributed by atoms with Gasteiger partial charge in [-0.15, -0.1) is 0 Å². The van der Waals surface area contributed by atoms with Gasteiger partial charge in [0.15, 0.2) is 0 Å². The van der Waals surface area contributed by atoms with Gasteiger partial charge < -0.3 is 4.74 Å². The van der Waals surface area contributed by atoms with Gasteiger partial charge >= 0.3 is 0 Å². The highest BCUT2D eigenvalue weighted by Crippen LogP contribution is 2.43. The first-order valence-corrected chi connectivity index (χ1v) is 6.95. The molecule has 1 saturated heterocycles. The molecule has 1 saturated carbocycles. The first-order chi connectivity index (χ1) is 8.67. The van der Waals surface area contributed by atoms with Crippen LogP contribution in [0.1, 0.15) is 38.5 Å². The van der Waals surface area contributed by atoms with Crippen LogP contribution in [0.3, 0.4) is 0 Å². The van der Waals surface area contributed by atoms with E-state index in [9.17, 15) is 4.79 Å². The summed E-state index contributed by atoms with van der Waals surface area (Å²) in [5.41, 5.74) is 0.0136. The van der Waals surface area contributed by atoms with Crippen LogP contribution in [0, 0.1) is 0 Å². The molecule has 0 bridgehead atoms. The number of halogens is 1. The first-order valence-electron chi connectivity index (χ1n) is 6.57. The van der Waals surface area contributed by atoms with E-state index in [1.54, 1.807) is 4.57 Å². The number of rotatable bonds is 2. The average molecular weight is 269 g/mol. The molecule has 1 aromatic heterocycles. The average Bonchev–Trinajstić information content (AvgIpc) is 2.94. The molecule has 3 rings (SSSR count). The molecule has 1 aliphatic heterocycles. The van der Waals surface area contributed by atoms with Crippen molar-refractivity contribution in [1.29, 1.82) is 0 Å². The predicted molar refractivity (Wildman–Crippen MR) is 68.8 cm³/mol. The monoisotopic (exact) mass is 268 g/mol. The van der Waals surface area contributed by atoms with Crippen molar-refractivity contribution in [1.82, 2.24) is 9.55 Å². The molecule has 1 spiro atoms. The number of ether oxygens (including phenoxy) is 1. The minimum Gasteiger partial charge on any atom is -0.370 e. The van der Waals surface area contributed by atoms with Crippen molar-refractivity contribution in [2.75, 3.05) is 0 Å². The van der Waals surface area contributed by atoms with Crippen LogP contribution < -0.4 is 5.56 Å². The fourth-order valence-electron chi connectivity index (χ4n) is 3.17. The van der Waals surface area contributed by atoms with E-state index in [0.717, 1.165) is 12.8 Å². The Balaban J connectivity index is 1.69. The summed E-state index contributed by atoms with van der Waals surface area (Å²) in [5.74, 6) is 0. The van der Waals surface area contributed by atoms with Gasteiger partial charge in [0.2, 0.25) is 0 Å². The molecule has 2 heterocycles. The number of nitrogens with zero attached hydrogens (tertiary/aromatic N) is 2. The van der Waals surface area contributed by atoms with Crippen LogP contribution in [0.25, 0.3) is 0 Å².